The molecular formula is C31H35ClFN8O3+. The normalized spacial score (nSPS) is 17.1. The first-order chi connectivity index (χ1) is 21.0. The average molecular weight is 622 g/mol. The number of nitrogens with one attached hydrogen (secondary N) is 4. The number of nitrogens with two attached hydrogens (primary N) is 1. The Morgan fingerprint density at radius 1 is 1.18 bits per heavy atom. The lowest BCUT2D eigenvalue weighted by Crippen LogP contribution is -2.76. The monoisotopic (exact) mass is 621 g/mol. The van der Waals surface area contributed by atoms with Gasteiger partial charge in [-0.15, -0.1) is 5.11 Å². The van der Waals surface area contributed by atoms with Crippen LogP contribution in [-0.2, 0) is 9.59 Å². The molecular weight excluding hydrogens is 587 g/mol. The minimum Gasteiger partial charge on any atom is -0.342 e. The summed E-state index contributed by atoms with van der Waals surface area (Å²) in [5.41, 5.74) is 11.0. The van der Waals surface area contributed by atoms with E-state index in [2.05, 4.69) is 26.0 Å². The molecule has 1 aliphatic heterocycles. The highest BCUT2D eigenvalue weighted by Crippen LogP contribution is 2.34. The number of allylic oxidation sites excluding steroid dienone is 1. The van der Waals surface area contributed by atoms with Crippen LogP contribution in [0.4, 0.5) is 26.2 Å². The zero-order chi connectivity index (χ0) is 32.0. The van der Waals surface area contributed by atoms with E-state index in [9.17, 15) is 18.8 Å². The van der Waals surface area contributed by atoms with Gasteiger partial charge in [-0.1, -0.05) is 37.1 Å². The van der Waals surface area contributed by atoms with E-state index >= 15 is 0 Å². The van der Waals surface area contributed by atoms with Gasteiger partial charge < -0.3 is 20.9 Å². The number of quaternary nitrogens is 1. The van der Waals surface area contributed by atoms with E-state index in [0.29, 0.717) is 41.9 Å². The number of halogens is 2. The standard InChI is InChI=1S/C31H34ClFN8O3/c1-17-7-5-9-23(38-30(43)28(40-34)18(2)36-24-10-6-8-22(32)27(24)33)26-15-19(13-14-35-26)21-12-11-20(37-31(44)41(3)4)16-25(21)39-29(17)42/h6,8,10-17,23,34,36H,5,7,9H2,1-4H3,(H,37,44)(H,38,43)(H,39,42)/p+1. The van der Waals surface area contributed by atoms with Crippen molar-refractivity contribution in [3.05, 3.63) is 82.7 Å². The molecule has 44 heavy (non-hydrogen) atoms. The topological polar surface area (TPSA) is 156 Å². The van der Waals surface area contributed by atoms with Gasteiger partial charge in [0.2, 0.25) is 17.4 Å². The summed E-state index contributed by atoms with van der Waals surface area (Å²) in [4.78, 5) is 44.8. The molecule has 2 aromatic carbocycles. The number of nitrogens with zero attached hydrogens (tertiary/aromatic N) is 3. The summed E-state index contributed by atoms with van der Waals surface area (Å²) in [6.07, 6.45) is 3.22. The summed E-state index contributed by atoms with van der Waals surface area (Å²) in [6.45, 7) is 3.40. The number of hydrogen-bond acceptors (Lipinski definition) is 6. The van der Waals surface area contributed by atoms with Gasteiger partial charge in [0, 0.05) is 50.5 Å². The summed E-state index contributed by atoms with van der Waals surface area (Å²) in [5, 5.41) is 13.6. The van der Waals surface area contributed by atoms with Gasteiger partial charge in [0.05, 0.1) is 22.4 Å². The number of carbonyl (C=O) groups excluding carboxylic acids is 3. The van der Waals surface area contributed by atoms with Crippen LogP contribution in [-0.4, -0.2) is 41.8 Å². The van der Waals surface area contributed by atoms with Crippen LogP contribution in [0, 0.1) is 17.3 Å². The van der Waals surface area contributed by atoms with Crippen LogP contribution in [0.3, 0.4) is 0 Å². The Labute approximate surface area is 259 Å². The molecule has 2 bridgehead atoms. The first-order valence-electron chi connectivity index (χ1n) is 14.1. The Morgan fingerprint density at radius 3 is 2.68 bits per heavy atom. The SMILES string of the molecule is CC([NH2+]c1cccc(Cl)c1F)=C(N=N)C(=O)NC1CCCC(C)C(=O)Nc2cc(NC(=O)N(C)C)ccc2-c2ccnc1c2. The van der Waals surface area contributed by atoms with Gasteiger partial charge >= 0.3 is 6.03 Å². The average Bonchev–Trinajstić information content (AvgIpc) is 2.99. The number of fused-ring (bicyclic) bond motifs is 4. The van der Waals surface area contributed by atoms with Crippen LogP contribution in [0.5, 0.6) is 0 Å². The highest BCUT2D eigenvalue weighted by atomic mass is 35.5. The lowest BCUT2D eigenvalue weighted by molar-refractivity contribution is -0.520. The molecule has 4 rings (SSSR count). The van der Waals surface area contributed by atoms with Gasteiger partial charge in [-0.05, 0) is 48.7 Å². The lowest BCUT2D eigenvalue weighted by Gasteiger charge is -2.22. The van der Waals surface area contributed by atoms with E-state index in [4.69, 9.17) is 17.1 Å². The number of carbonyl (C=O) groups is 3. The number of anilines is 2. The zero-order valence-corrected chi connectivity index (χ0v) is 25.6. The minimum absolute atomic E-state index is 0.0569. The number of benzene rings is 2. The number of rotatable bonds is 6. The Kier molecular flexibility index (Phi) is 10.4. The summed E-state index contributed by atoms with van der Waals surface area (Å²) >= 11 is 5.90. The largest absolute Gasteiger partial charge is 0.342 e. The molecule has 4 amide bonds. The fraction of sp³-hybridized carbons (Fsp3) is 0.290. The molecule has 1 aromatic heterocycles. The van der Waals surface area contributed by atoms with Crippen molar-refractivity contribution in [3.8, 4) is 11.1 Å². The number of urea groups is 1. The highest BCUT2D eigenvalue weighted by Gasteiger charge is 2.25. The molecule has 11 nitrogen and oxygen atoms in total. The molecule has 230 valence electrons. The molecule has 6 N–H and O–H groups in total. The molecule has 3 aromatic rings. The smallest absolute Gasteiger partial charge is 0.321 e. The molecule has 2 atom stereocenters. The number of aromatic nitrogens is 1. The van der Waals surface area contributed by atoms with Crippen LogP contribution >= 0.6 is 11.6 Å². The summed E-state index contributed by atoms with van der Waals surface area (Å²) in [6, 6.07) is 12.5. The lowest BCUT2D eigenvalue weighted by atomic mass is 9.95. The third-order valence-electron chi connectivity index (χ3n) is 7.32. The summed E-state index contributed by atoms with van der Waals surface area (Å²) in [5.74, 6) is -1.76. The van der Waals surface area contributed by atoms with Crippen LogP contribution in [0.25, 0.3) is 11.1 Å². The van der Waals surface area contributed by atoms with Crippen molar-refractivity contribution in [2.45, 2.75) is 39.2 Å². The van der Waals surface area contributed by atoms with Crippen molar-refractivity contribution in [2.24, 2.45) is 11.0 Å². The molecule has 0 radical (unpaired) electrons. The van der Waals surface area contributed by atoms with Crippen LogP contribution in [0.2, 0.25) is 5.02 Å². The molecule has 0 saturated carbocycles. The van der Waals surface area contributed by atoms with E-state index in [-0.39, 0.29) is 40.0 Å². The Hall–Kier alpha value is -4.68. The predicted octanol–water partition coefficient (Wildman–Crippen LogP) is 5.71. The maximum atomic E-state index is 14.5. The first-order valence-corrected chi connectivity index (χ1v) is 14.4. The van der Waals surface area contributed by atoms with E-state index < -0.39 is 17.8 Å². The fourth-order valence-electron chi connectivity index (χ4n) is 4.81. The van der Waals surface area contributed by atoms with Gasteiger partial charge in [0.15, 0.2) is 5.69 Å². The Bertz CT molecular complexity index is 1630. The van der Waals surface area contributed by atoms with E-state index in [1.807, 2.05) is 13.0 Å². The quantitative estimate of drug-likeness (QED) is 0.136. The Morgan fingerprint density at radius 2 is 1.95 bits per heavy atom. The molecule has 2 unspecified atom stereocenters. The third-order valence-corrected chi connectivity index (χ3v) is 7.61. The molecule has 0 fully saturated rings. The van der Waals surface area contributed by atoms with Crippen LogP contribution in [0.15, 0.2) is 71.2 Å². The van der Waals surface area contributed by atoms with Crippen molar-refractivity contribution in [1.82, 2.24) is 15.2 Å². The zero-order valence-electron chi connectivity index (χ0n) is 24.9. The molecule has 2 heterocycles. The van der Waals surface area contributed by atoms with E-state index in [1.165, 1.54) is 22.3 Å². The summed E-state index contributed by atoms with van der Waals surface area (Å²) in [7, 11) is 3.27. The van der Waals surface area contributed by atoms with Crippen molar-refractivity contribution < 1.29 is 24.1 Å². The predicted molar refractivity (Wildman–Crippen MR) is 166 cm³/mol. The number of pyridine rings is 1. The highest BCUT2D eigenvalue weighted by molar-refractivity contribution is 6.30. The number of amides is 4. The maximum absolute atomic E-state index is 14.5. The summed E-state index contributed by atoms with van der Waals surface area (Å²) < 4.78 is 14.5. The van der Waals surface area contributed by atoms with Crippen molar-refractivity contribution in [3.63, 3.8) is 0 Å². The van der Waals surface area contributed by atoms with Crippen LogP contribution < -0.4 is 21.3 Å². The molecule has 0 aliphatic carbocycles. The third kappa shape index (κ3) is 7.63. The second-order valence-electron chi connectivity index (χ2n) is 10.8. The molecule has 1 aliphatic rings. The van der Waals surface area contributed by atoms with Gasteiger partial charge in [0.25, 0.3) is 5.91 Å². The van der Waals surface area contributed by atoms with E-state index in [1.54, 1.807) is 57.5 Å². The molecule has 0 spiro atoms. The minimum atomic E-state index is -0.635. The second kappa shape index (κ2) is 14.2. The Balaban J connectivity index is 1.68. The van der Waals surface area contributed by atoms with Gasteiger partial charge in [-0.3, -0.25) is 19.9 Å². The van der Waals surface area contributed by atoms with Crippen molar-refractivity contribution in [1.29, 1.82) is 5.53 Å². The first kappa shape index (κ1) is 32.2. The van der Waals surface area contributed by atoms with Gasteiger partial charge in [0.1, 0.15) is 5.70 Å². The van der Waals surface area contributed by atoms with Gasteiger partial charge in [-0.2, -0.15) is 4.39 Å². The fourth-order valence-corrected chi connectivity index (χ4v) is 4.99. The van der Waals surface area contributed by atoms with E-state index in [0.717, 1.165) is 5.56 Å². The number of hydrogen-bond donors (Lipinski definition) is 5. The van der Waals surface area contributed by atoms with Crippen molar-refractivity contribution >= 4 is 46.5 Å². The van der Waals surface area contributed by atoms with Crippen molar-refractivity contribution in [2.75, 3.05) is 24.7 Å². The van der Waals surface area contributed by atoms with Crippen LogP contribution in [0.1, 0.15) is 44.8 Å². The maximum Gasteiger partial charge on any atom is 0.321 e. The van der Waals surface area contributed by atoms with Gasteiger partial charge in [-0.25, -0.2) is 10.3 Å². The second-order valence-corrected chi connectivity index (χ2v) is 11.2. The molecule has 0 saturated heterocycles. The molecule has 13 heteroatoms.